The summed E-state index contributed by atoms with van der Waals surface area (Å²) in [5, 5.41) is 0. The van der Waals surface area contributed by atoms with E-state index < -0.39 is 66.9 Å². The Kier molecular flexibility index (Phi) is 6.55. The van der Waals surface area contributed by atoms with Crippen molar-refractivity contribution < 1.29 is 49.8 Å². The predicted octanol–water partition coefficient (Wildman–Crippen LogP) is 3.23. The number of carbonyl (C=O) groups is 2. The number of hydrogen-bond donors (Lipinski definition) is 0. The van der Waals surface area contributed by atoms with Gasteiger partial charge in [0.1, 0.15) is 0 Å². The molecule has 1 rings (SSSR count). The maximum Gasteiger partial charge on any atom is 0.340 e. The maximum atomic E-state index is 13.2. The van der Waals surface area contributed by atoms with Gasteiger partial charge in [0.05, 0.1) is 12.8 Å². The molecule has 0 unspecified atom stereocenters. The second-order valence-electron chi connectivity index (χ2n) is 4.37. The molecule has 0 aromatic heterocycles. The number of hydrogen-bond acceptors (Lipinski definition) is 4. The number of carbonyl (C=O) groups excluding carboxylic acids is 2. The summed E-state index contributed by atoms with van der Waals surface area (Å²) in [5.74, 6) is -13.3. The highest BCUT2D eigenvalue weighted by molar-refractivity contribution is 5.79. The van der Waals surface area contributed by atoms with Crippen LogP contribution < -0.4 is 4.74 Å². The highest BCUT2D eigenvalue weighted by Crippen LogP contribution is 2.24. The van der Waals surface area contributed by atoms with E-state index in [1.165, 1.54) is 0 Å². The summed E-state index contributed by atoms with van der Waals surface area (Å²) in [7, 11) is 0. The molecule has 0 N–H and O–H groups in total. The molecule has 0 saturated carbocycles. The van der Waals surface area contributed by atoms with Gasteiger partial charge in [-0.3, -0.25) is 9.59 Å². The Morgan fingerprint density at radius 2 is 1.58 bits per heavy atom. The normalized spacial score (nSPS) is 11.5. The fraction of sp³-hybridized carbons (Fsp3) is 0.385. The lowest BCUT2D eigenvalue weighted by Gasteiger charge is -2.14. The standard InChI is InChI=1S/C13H9F7O4/c14-6-1-2-7(11(16)10(6)15)24-9(22)4-3-8(21)23-5-13(19,20)12(17)18/h1-2,12H,3-5H2. The van der Waals surface area contributed by atoms with Crippen molar-refractivity contribution in [2.24, 2.45) is 0 Å². The smallest absolute Gasteiger partial charge is 0.340 e. The zero-order chi connectivity index (χ0) is 18.5. The molecule has 11 heteroatoms. The Labute approximate surface area is 130 Å². The van der Waals surface area contributed by atoms with Gasteiger partial charge in [-0.1, -0.05) is 0 Å². The summed E-state index contributed by atoms with van der Waals surface area (Å²) in [6.07, 6.45) is -5.66. The second-order valence-corrected chi connectivity index (χ2v) is 4.37. The van der Waals surface area contributed by atoms with E-state index in [2.05, 4.69) is 9.47 Å². The molecule has 1 aromatic carbocycles. The van der Waals surface area contributed by atoms with Crippen molar-refractivity contribution in [1.82, 2.24) is 0 Å². The molecule has 0 aliphatic rings. The maximum absolute atomic E-state index is 13.2. The second kappa shape index (κ2) is 7.97. The fourth-order valence-electron chi connectivity index (χ4n) is 1.28. The molecular weight excluding hydrogens is 353 g/mol. The third kappa shape index (κ3) is 5.39. The zero-order valence-electron chi connectivity index (χ0n) is 11.6. The van der Waals surface area contributed by atoms with Crippen molar-refractivity contribution in [3.63, 3.8) is 0 Å². The van der Waals surface area contributed by atoms with Crippen LogP contribution in [0.2, 0.25) is 0 Å². The molecule has 0 atom stereocenters. The summed E-state index contributed by atoms with van der Waals surface area (Å²) < 4.78 is 95.5. The minimum absolute atomic E-state index is 0.488. The average molecular weight is 362 g/mol. The molecule has 1 aromatic rings. The molecule has 0 amide bonds. The first kappa shape index (κ1) is 19.7. The van der Waals surface area contributed by atoms with Crippen LogP contribution in [0.4, 0.5) is 30.7 Å². The van der Waals surface area contributed by atoms with E-state index >= 15 is 0 Å². The lowest BCUT2D eigenvalue weighted by atomic mass is 10.3. The lowest BCUT2D eigenvalue weighted by molar-refractivity contribution is -0.180. The third-order valence-electron chi connectivity index (χ3n) is 2.50. The number of benzene rings is 1. The van der Waals surface area contributed by atoms with E-state index in [9.17, 15) is 40.3 Å². The molecular formula is C13H9F7O4. The monoisotopic (exact) mass is 362 g/mol. The van der Waals surface area contributed by atoms with E-state index in [4.69, 9.17) is 0 Å². The molecule has 0 radical (unpaired) electrons. The van der Waals surface area contributed by atoms with Crippen molar-refractivity contribution in [2.45, 2.75) is 25.2 Å². The van der Waals surface area contributed by atoms with Crippen LogP contribution in [0.25, 0.3) is 0 Å². The topological polar surface area (TPSA) is 52.6 Å². The Bertz CT molecular complexity index is 619. The molecule has 0 spiro atoms. The average Bonchev–Trinajstić information content (AvgIpc) is 2.51. The van der Waals surface area contributed by atoms with Crippen LogP contribution in [0.3, 0.4) is 0 Å². The van der Waals surface area contributed by atoms with E-state index in [1.807, 2.05) is 0 Å². The van der Waals surface area contributed by atoms with E-state index in [1.54, 1.807) is 0 Å². The highest BCUT2D eigenvalue weighted by Gasteiger charge is 2.42. The highest BCUT2D eigenvalue weighted by atomic mass is 19.3. The van der Waals surface area contributed by atoms with Gasteiger partial charge in [-0.25, -0.2) is 17.6 Å². The SMILES string of the molecule is O=C(CCC(=O)Oc1ccc(F)c(F)c1F)OCC(F)(F)C(F)F. The van der Waals surface area contributed by atoms with Gasteiger partial charge in [-0.05, 0) is 12.1 Å². The van der Waals surface area contributed by atoms with Gasteiger partial charge in [0.25, 0.3) is 0 Å². The van der Waals surface area contributed by atoms with Crippen molar-refractivity contribution in [2.75, 3.05) is 6.61 Å². The Morgan fingerprint density at radius 3 is 2.17 bits per heavy atom. The van der Waals surface area contributed by atoms with Gasteiger partial charge in [0.15, 0.2) is 24.0 Å². The number of halogens is 7. The van der Waals surface area contributed by atoms with Crippen LogP contribution in [-0.4, -0.2) is 30.9 Å². The largest absolute Gasteiger partial charge is 0.459 e. The fourth-order valence-corrected chi connectivity index (χ4v) is 1.28. The number of rotatable bonds is 7. The zero-order valence-corrected chi connectivity index (χ0v) is 11.6. The van der Waals surface area contributed by atoms with Crippen molar-refractivity contribution in [1.29, 1.82) is 0 Å². The molecule has 0 aliphatic heterocycles. The first-order valence-corrected chi connectivity index (χ1v) is 6.20. The molecule has 24 heavy (non-hydrogen) atoms. The summed E-state index contributed by atoms with van der Waals surface area (Å²) in [6, 6.07) is 1.11. The number of ether oxygens (including phenoxy) is 2. The van der Waals surface area contributed by atoms with Crippen LogP contribution in [0, 0.1) is 17.5 Å². The van der Waals surface area contributed by atoms with Crippen LogP contribution in [0.15, 0.2) is 12.1 Å². The third-order valence-corrected chi connectivity index (χ3v) is 2.50. The molecule has 4 nitrogen and oxygen atoms in total. The lowest BCUT2D eigenvalue weighted by Crippen LogP contribution is -2.33. The first-order valence-electron chi connectivity index (χ1n) is 6.20. The Morgan fingerprint density at radius 1 is 1.00 bits per heavy atom. The van der Waals surface area contributed by atoms with Gasteiger partial charge >= 0.3 is 24.3 Å². The number of alkyl halides is 4. The van der Waals surface area contributed by atoms with Gasteiger partial charge in [0.2, 0.25) is 5.82 Å². The van der Waals surface area contributed by atoms with E-state index in [-0.39, 0.29) is 0 Å². The minimum Gasteiger partial charge on any atom is -0.459 e. The van der Waals surface area contributed by atoms with E-state index in [0.717, 1.165) is 0 Å². The Hall–Kier alpha value is -2.33. The molecule has 0 bridgehead atoms. The van der Waals surface area contributed by atoms with Gasteiger partial charge in [-0.15, -0.1) is 0 Å². The van der Waals surface area contributed by atoms with Crippen molar-refractivity contribution in [3.8, 4) is 5.75 Å². The first-order chi connectivity index (χ1) is 11.0. The molecule has 134 valence electrons. The van der Waals surface area contributed by atoms with Crippen LogP contribution >= 0.6 is 0 Å². The minimum atomic E-state index is -4.54. The van der Waals surface area contributed by atoms with Gasteiger partial charge in [0, 0.05) is 0 Å². The summed E-state index contributed by atoms with van der Waals surface area (Å²) in [6.45, 7) is -1.88. The predicted molar refractivity (Wildman–Crippen MR) is 63.1 cm³/mol. The van der Waals surface area contributed by atoms with Crippen LogP contribution in [0.5, 0.6) is 5.75 Å². The number of esters is 2. The van der Waals surface area contributed by atoms with Crippen LogP contribution in [-0.2, 0) is 14.3 Å². The van der Waals surface area contributed by atoms with Crippen LogP contribution in [0.1, 0.15) is 12.8 Å². The Balaban J connectivity index is 2.47. The summed E-state index contributed by atoms with van der Waals surface area (Å²) in [5.41, 5.74) is 0. The van der Waals surface area contributed by atoms with Crippen molar-refractivity contribution in [3.05, 3.63) is 29.6 Å². The summed E-state index contributed by atoms with van der Waals surface area (Å²) in [4.78, 5) is 22.3. The van der Waals surface area contributed by atoms with Crippen molar-refractivity contribution >= 4 is 11.9 Å². The summed E-state index contributed by atoms with van der Waals surface area (Å²) >= 11 is 0. The molecule has 0 saturated heterocycles. The molecule has 0 heterocycles. The molecule has 0 fully saturated rings. The van der Waals surface area contributed by atoms with Gasteiger partial charge in [-0.2, -0.15) is 13.2 Å². The quantitative estimate of drug-likeness (QED) is 0.324. The molecule has 0 aliphatic carbocycles. The van der Waals surface area contributed by atoms with Gasteiger partial charge < -0.3 is 9.47 Å². The van der Waals surface area contributed by atoms with E-state index in [0.29, 0.717) is 12.1 Å².